The number of hydrogen-bond acceptors (Lipinski definition) is 1. The van der Waals surface area contributed by atoms with Crippen molar-refractivity contribution in [3.63, 3.8) is 0 Å². The molecular formula is C23H21N. The standard InChI is InChI=1S/C23H21N/c1-3-11-18(4-2)22-16-21(19-12-7-5-8-13-19)17-23(24-22)20-14-9-6-10-15-20/h3-17,23-24H,1-2H2/b18-11+. The minimum absolute atomic E-state index is 0.120. The number of dihydropyridines is 1. The van der Waals surface area contributed by atoms with Gasteiger partial charge in [0.25, 0.3) is 0 Å². The molecule has 0 saturated carbocycles. The summed E-state index contributed by atoms with van der Waals surface area (Å²) in [5.41, 5.74) is 5.74. The number of rotatable bonds is 5. The van der Waals surface area contributed by atoms with E-state index in [0.717, 1.165) is 11.3 Å². The van der Waals surface area contributed by atoms with Crippen LogP contribution in [0.5, 0.6) is 0 Å². The zero-order valence-corrected chi connectivity index (χ0v) is 13.7. The number of benzene rings is 2. The second-order valence-electron chi connectivity index (χ2n) is 5.64. The second kappa shape index (κ2) is 7.47. The molecule has 2 aromatic carbocycles. The van der Waals surface area contributed by atoms with E-state index in [0.29, 0.717) is 0 Å². The Hall–Kier alpha value is -3.06. The van der Waals surface area contributed by atoms with E-state index in [-0.39, 0.29) is 6.04 Å². The predicted octanol–water partition coefficient (Wildman–Crippen LogP) is 5.60. The Kier molecular flexibility index (Phi) is 4.93. The lowest BCUT2D eigenvalue weighted by Crippen LogP contribution is -2.23. The molecule has 0 bridgehead atoms. The summed E-state index contributed by atoms with van der Waals surface area (Å²) in [6.07, 6.45) is 10.1. The van der Waals surface area contributed by atoms with Gasteiger partial charge in [0, 0.05) is 5.70 Å². The lowest BCUT2D eigenvalue weighted by molar-refractivity contribution is 0.717. The summed E-state index contributed by atoms with van der Waals surface area (Å²) >= 11 is 0. The van der Waals surface area contributed by atoms with Crippen LogP contribution in [0.1, 0.15) is 17.2 Å². The van der Waals surface area contributed by atoms with Gasteiger partial charge in [0.05, 0.1) is 6.04 Å². The second-order valence-corrected chi connectivity index (χ2v) is 5.64. The lowest BCUT2D eigenvalue weighted by Gasteiger charge is -2.26. The van der Waals surface area contributed by atoms with Crippen molar-refractivity contribution in [1.82, 2.24) is 5.32 Å². The first kappa shape index (κ1) is 15.8. The van der Waals surface area contributed by atoms with Crippen LogP contribution in [0.3, 0.4) is 0 Å². The van der Waals surface area contributed by atoms with Crippen LogP contribution >= 0.6 is 0 Å². The maximum atomic E-state index is 3.93. The molecule has 0 spiro atoms. The van der Waals surface area contributed by atoms with Crippen LogP contribution in [0, 0.1) is 0 Å². The molecule has 2 aromatic rings. The van der Waals surface area contributed by atoms with E-state index in [1.807, 2.05) is 24.3 Å². The third-order valence-corrected chi connectivity index (χ3v) is 4.05. The average Bonchev–Trinajstić information content (AvgIpc) is 2.67. The van der Waals surface area contributed by atoms with Gasteiger partial charge in [0.2, 0.25) is 0 Å². The van der Waals surface area contributed by atoms with E-state index in [4.69, 9.17) is 0 Å². The van der Waals surface area contributed by atoms with Crippen molar-refractivity contribution in [2.24, 2.45) is 0 Å². The normalized spacial score (nSPS) is 17.3. The Labute approximate surface area is 144 Å². The molecule has 24 heavy (non-hydrogen) atoms. The molecule has 0 aliphatic carbocycles. The van der Waals surface area contributed by atoms with Gasteiger partial charge in [-0.1, -0.05) is 92.0 Å². The van der Waals surface area contributed by atoms with E-state index < -0.39 is 0 Å². The molecule has 1 aliphatic rings. The molecule has 1 heterocycles. The zero-order valence-electron chi connectivity index (χ0n) is 13.7. The van der Waals surface area contributed by atoms with Crippen LogP contribution in [0.15, 0.2) is 115 Å². The zero-order chi connectivity index (χ0) is 16.8. The summed E-state index contributed by atoms with van der Waals surface area (Å²) in [6, 6.07) is 21.0. The predicted molar refractivity (Wildman–Crippen MR) is 103 cm³/mol. The van der Waals surface area contributed by atoms with E-state index >= 15 is 0 Å². The molecule has 0 saturated heterocycles. The molecule has 1 aliphatic heterocycles. The number of hydrogen-bond donors (Lipinski definition) is 1. The molecule has 118 valence electrons. The van der Waals surface area contributed by atoms with E-state index in [1.165, 1.54) is 16.7 Å². The highest BCUT2D eigenvalue weighted by atomic mass is 14.9. The highest BCUT2D eigenvalue weighted by Crippen LogP contribution is 2.30. The van der Waals surface area contributed by atoms with Gasteiger partial charge in [-0.3, -0.25) is 0 Å². The van der Waals surface area contributed by atoms with Gasteiger partial charge in [-0.15, -0.1) is 0 Å². The van der Waals surface area contributed by atoms with Gasteiger partial charge >= 0.3 is 0 Å². The van der Waals surface area contributed by atoms with Crippen molar-refractivity contribution < 1.29 is 0 Å². The molecule has 1 atom stereocenters. The molecule has 1 N–H and O–H groups in total. The topological polar surface area (TPSA) is 12.0 Å². The summed E-state index contributed by atoms with van der Waals surface area (Å²) < 4.78 is 0. The van der Waals surface area contributed by atoms with Gasteiger partial charge < -0.3 is 5.32 Å². The van der Waals surface area contributed by atoms with Crippen molar-refractivity contribution >= 4 is 5.57 Å². The van der Waals surface area contributed by atoms with E-state index in [1.54, 1.807) is 6.08 Å². The van der Waals surface area contributed by atoms with Crippen molar-refractivity contribution in [3.05, 3.63) is 127 Å². The largest absolute Gasteiger partial charge is 0.374 e. The molecule has 0 aromatic heterocycles. The molecule has 1 heteroatoms. The minimum Gasteiger partial charge on any atom is -0.374 e. The van der Waals surface area contributed by atoms with Gasteiger partial charge in [-0.05, 0) is 34.4 Å². The van der Waals surface area contributed by atoms with Crippen LogP contribution < -0.4 is 5.32 Å². The molecule has 0 fully saturated rings. The molecule has 1 nitrogen and oxygen atoms in total. The number of allylic oxidation sites excluding steroid dienone is 5. The Balaban J connectivity index is 2.07. The van der Waals surface area contributed by atoms with Crippen molar-refractivity contribution in [1.29, 1.82) is 0 Å². The molecule has 0 amide bonds. The molecule has 3 rings (SSSR count). The fourth-order valence-electron chi connectivity index (χ4n) is 2.85. The average molecular weight is 311 g/mol. The third-order valence-electron chi connectivity index (χ3n) is 4.05. The Morgan fingerprint density at radius 1 is 0.917 bits per heavy atom. The Morgan fingerprint density at radius 2 is 1.58 bits per heavy atom. The van der Waals surface area contributed by atoms with Crippen molar-refractivity contribution in [2.75, 3.05) is 0 Å². The fraction of sp³-hybridized carbons (Fsp3) is 0.0435. The molecule has 0 radical (unpaired) electrons. The van der Waals surface area contributed by atoms with Gasteiger partial charge in [0.15, 0.2) is 0 Å². The first-order valence-corrected chi connectivity index (χ1v) is 8.08. The van der Waals surface area contributed by atoms with E-state index in [9.17, 15) is 0 Å². The summed E-state index contributed by atoms with van der Waals surface area (Å²) in [4.78, 5) is 0. The maximum absolute atomic E-state index is 3.93. The fourth-order valence-corrected chi connectivity index (χ4v) is 2.85. The SMILES string of the molecule is C=C/C=C(\C=C)C1=CC(c2ccccc2)=CC(c2ccccc2)N1. The highest BCUT2D eigenvalue weighted by Gasteiger charge is 2.17. The number of nitrogens with one attached hydrogen (secondary N) is 1. The lowest BCUT2D eigenvalue weighted by atomic mass is 9.93. The van der Waals surface area contributed by atoms with E-state index in [2.05, 4.69) is 79.2 Å². The van der Waals surface area contributed by atoms with Gasteiger partial charge in [-0.2, -0.15) is 0 Å². The quantitative estimate of drug-likeness (QED) is 0.709. The smallest absolute Gasteiger partial charge is 0.0707 e. The summed E-state index contributed by atoms with van der Waals surface area (Å²) in [7, 11) is 0. The van der Waals surface area contributed by atoms with Crippen molar-refractivity contribution in [2.45, 2.75) is 6.04 Å². The van der Waals surface area contributed by atoms with Crippen LogP contribution in [0.4, 0.5) is 0 Å². The van der Waals surface area contributed by atoms with Crippen LogP contribution in [-0.4, -0.2) is 0 Å². The molecular weight excluding hydrogens is 290 g/mol. The first-order chi connectivity index (χ1) is 11.8. The maximum Gasteiger partial charge on any atom is 0.0707 e. The minimum atomic E-state index is 0.120. The summed E-state index contributed by atoms with van der Waals surface area (Å²) in [6.45, 7) is 7.74. The van der Waals surface area contributed by atoms with Crippen LogP contribution in [-0.2, 0) is 0 Å². The Morgan fingerprint density at radius 3 is 2.21 bits per heavy atom. The molecule has 1 unspecified atom stereocenters. The van der Waals surface area contributed by atoms with Crippen LogP contribution in [0.2, 0.25) is 0 Å². The monoisotopic (exact) mass is 311 g/mol. The summed E-state index contributed by atoms with van der Waals surface area (Å²) in [5.74, 6) is 0. The van der Waals surface area contributed by atoms with Gasteiger partial charge in [0.1, 0.15) is 0 Å². The third kappa shape index (κ3) is 3.47. The first-order valence-electron chi connectivity index (χ1n) is 8.08. The van der Waals surface area contributed by atoms with Crippen molar-refractivity contribution in [3.8, 4) is 0 Å². The van der Waals surface area contributed by atoms with Crippen LogP contribution in [0.25, 0.3) is 5.57 Å². The Bertz CT molecular complexity index is 808. The highest BCUT2D eigenvalue weighted by molar-refractivity contribution is 5.78. The van der Waals surface area contributed by atoms with Gasteiger partial charge in [-0.25, -0.2) is 0 Å². The summed E-state index contributed by atoms with van der Waals surface area (Å²) in [5, 5.41) is 3.60.